The molecule has 4 atom stereocenters. The van der Waals surface area contributed by atoms with Crippen LogP contribution in [0.2, 0.25) is 0 Å². The predicted octanol–water partition coefficient (Wildman–Crippen LogP) is 0.768. The van der Waals surface area contributed by atoms with E-state index in [4.69, 9.17) is 0 Å². The molecule has 6 heteroatoms. The van der Waals surface area contributed by atoms with Crippen LogP contribution in [0.4, 0.5) is 5.69 Å². The van der Waals surface area contributed by atoms with Crippen LogP contribution in [0.15, 0.2) is 30.3 Å². The van der Waals surface area contributed by atoms with E-state index in [-0.39, 0.29) is 11.9 Å². The molecule has 26 heavy (non-hydrogen) atoms. The number of piperidine rings is 1. The molecular weight excluding hydrogens is 326 g/mol. The Morgan fingerprint density at radius 3 is 2.77 bits per heavy atom. The van der Waals surface area contributed by atoms with Gasteiger partial charge >= 0.3 is 0 Å². The first kappa shape index (κ1) is 17.8. The summed E-state index contributed by atoms with van der Waals surface area (Å²) in [5.74, 6) is 1.15. The number of hydrogen-bond donors (Lipinski definition) is 2. The number of amides is 1. The molecule has 1 amide bonds. The molecule has 3 aliphatic heterocycles. The van der Waals surface area contributed by atoms with E-state index in [2.05, 4.69) is 58.0 Å². The van der Waals surface area contributed by atoms with Crippen LogP contribution >= 0.6 is 0 Å². The summed E-state index contributed by atoms with van der Waals surface area (Å²) in [6.07, 6.45) is 2.26. The highest BCUT2D eigenvalue weighted by Gasteiger charge is 2.43. The van der Waals surface area contributed by atoms with Crippen molar-refractivity contribution in [2.24, 2.45) is 11.8 Å². The third-order valence-corrected chi connectivity index (χ3v) is 6.30. The lowest BCUT2D eigenvalue weighted by molar-refractivity contribution is -0.133. The Balaban J connectivity index is 1.32. The number of carbonyl (C=O) groups is 1. The Morgan fingerprint density at radius 2 is 1.96 bits per heavy atom. The average molecular weight is 358 g/mol. The van der Waals surface area contributed by atoms with Gasteiger partial charge in [0, 0.05) is 50.9 Å². The van der Waals surface area contributed by atoms with Crippen LogP contribution in [0.25, 0.3) is 0 Å². The monoisotopic (exact) mass is 357 g/mol. The first-order valence-electron chi connectivity index (χ1n) is 9.86. The maximum Gasteiger partial charge on any atom is 0.241 e. The molecular formula is C20H31N5O. The number of nitrogens with one attached hydrogen (secondary N) is 2. The first-order valence-corrected chi connectivity index (χ1v) is 9.86. The Morgan fingerprint density at radius 1 is 1.15 bits per heavy atom. The van der Waals surface area contributed by atoms with Gasteiger partial charge in [0.1, 0.15) is 6.04 Å². The molecule has 3 aliphatic rings. The predicted molar refractivity (Wildman–Crippen MR) is 104 cm³/mol. The number of nitrogens with zero attached hydrogens (tertiary/aromatic N) is 3. The number of para-hydroxylation sites is 1. The van der Waals surface area contributed by atoms with Crippen molar-refractivity contribution in [3.05, 3.63) is 30.3 Å². The molecule has 0 spiro atoms. The van der Waals surface area contributed by atoms with Gasteiger partial charge in [0.25, 0.3) is 0 Å². The summed E-state index contributed by atoms with van der Waals surface area (Å²) >= 11 is 0. The smallest absolute Gasteiger partial charge is 0.241 e. The SMILES string of the molecule is CN1CCC2NNC(C(=O)N(C)CC3CCN(c4ccccc4)C3)C2C1. The van der Waals surface area contributed by atoms with Gasteiger partial charge in [-0.25, -0.2) is 5.43 Å². The number of hydrazine groups is 1. The summed E-state index contributed by atoms with van der Waals surface area (Å²) in [4.78, 5) is 19.8. The maximum atomic E-state index is 13.0. The van der Waals surface area contributed by atoms with Gasteiger partial charge in [-0.2, -0.15) is 0 Å². The third kappa shape index (κ3) is 3.59. The van der Waals surface area contributed by atoms with E-state index in [1.807, 2.05) is 11.9 Å². The van der Waals surface area contributed by atoms with Crippen LogP contribution < -0.4 is 15.8 Å². The molecule has 0 saturated carbocycles. The number of likely N-dealkylation sites (N-methyl/N-ethyl adjacent to an activating group) is 1. The fourth-order valence-corrected chi connectivity index (χ4v) is 4.79. The van der Waals surface area contributed by atoms with Gasteiger partial charge in [-0.15, -0.1) is 0 Å². The van der Waals surface area contributed by atoms with Crippen molar-refractivity contribution in [2.75, 3.05) is 51.7 Å². The second-order valence-electron chi connectivity index (χ2n) is 8.24. The summed E-state index contributed by atoms with van der Waals surface area (Å²) in [5, 5.41) is 0. The molecule has 142 valence electrons. The molecule has 2 N–H and O–H groups in total. The lowest BCUT2D eigenvalue weighted by atomic mass is 9.88. The van der Waals surface area contributed by atoms with Gasteiger partial charge in [-0.1, -0.05) is 18.2 Å². The Bertz CT molecular complexity index is 624. The Kier molecular flexibility index (Phi) is 5.16. The van der Waals surface area contributed by atoms with E-state index in [0.29, 0.717) is 17.9 Å². The van der Waals surface area contributed by atoms with Crippen molar-refractivity contribution in [3.63, 3.8) is 0 Å². The van der Waals surface area contributed by atoms with Gasteiger partial charge in [0.05, 0.1) is 0 Å². The minimum atomic E-state index is -0.0978. The van der Waals surface area contributed by atoms with Crippen molar-refractivity contribution in [1.82, 2.24) is 20.7 Å². The molecule has 3 heterocycles. The van der Waals surface area contributed by atoms with Crippen molar-refractivity contribution in [1.29, 1.82) is 0 Å². The molecule has 0 aromatic heterocycles. The molecule has 1 aromatic rings. The molecule has 3 saturated heterocycles. The van der Waals surface area contributed by atoms with Crippen molar-refractivity contribution in [3.8, 4) is 0 Å². The number of hydrogen-bond acceptors (Lipinski definition) is 5. The van der Waals surface area contributed by atoms with Crippen LogP contribution in [0.5, 0.6) is 0 Å². The fourth-order valence-electron chi connectivity index (χ4n) is 4.79. The molecule has 4 unspecified atom stereocenters. The summed E-state index contributed by atoms with van der Waals surface area (Å²) in [6, 6.07) is 10.9. The molecule has 3 fully saturated rings. The van der Waals surface area contributed by atoms with Gasteiger partial charge in [-0.3, -0.25) is 10.2 Å². The standard InChI is InChI=1S/C20H31N5O/c1-23-10-9-18-17(14-23)19(22-21-18)20(26)24(2)12-15-8-11-25(13-15)16-6-4-3-5-7-16/h3-7,15,17-19,21-22H,8-14H2,1-2H3. The summed E-state index contributed by atoms with van der Waals surface area (Å²) < 4.78 is 0. The minimum Gasteiger partial charge on any atom is -0.371 e. The second-order valence-corrected chi connectivity index (χ2v) is 8.24. The largest absolute Gasteiger partial charge is 0.371 e. The van der Waals surface area contributed by atoms with Crippen LogP contribution in [-0.4, -0.2) is 74.6 Å². The van der Waals surface area contributed by atoms with Crippen molar-refractivity contribution in [2.45, 2.75) is 24.9 Å². The highest BCUT2D eigenvalue weighted by atomic mass is 16.2. The normalized spacial score (nSPS) is 31.8. The maximum absolute atomic E-state index is 13.0. The fraction of sp³-hybridized carbons (Fsp3) is 0.650. The number of carbonyl (C=O) groups excluding carboxylic acids is 1. The molecule has 4 rings (SSSR count). The molecule has 0 aliphatic carbocycles. The summed E-state index contributed by atoms with van der Waals surface area (Å²) in [5.41, 5.74) is 7.93. The van der Waals surface area contributed by atoms with E-state index >= 15 is 0 Å². The zero-order valence-electron chi connectivity index (χ0n) is 15.9. The van der Waals surface area contributed by atoms with E-state index in [1.54, 1.807) is 0 Å². The van der Waals surface area contributed by atoms with Gasteiger partial charge in [0.15, 0.2) is 0 Å². The summed E-state index contributed by atoms with van der Waals surface area (Å²) in [7, 11) is 4.12. The van der Waals surface area contributed by atoms with Crippen molar-refractivity contribution >= 4 is 11.6 Å². The highest BCUT2D eigenvalue weighted by Crippen LogP contribution is 2.26. The number of rotatable bonds is 4. The van der Waals surface area contributed by atoms with E-state index in [0.717, 1.165) is 45.6 Å². The van der Waals surface area contributed by atoms with Gasteiger partial charge in [-0.05, 0) is 44.5 Å². The minimum absolute atomic E-state index is 0.0978. The Hall–Kier alpha value is -1.63. The number of fused-ring (bicyclic) bond motifs is 1. The van der Waals surface area contributed by atoms with E-state index in [1.165, 1.54) is 5.69 Å². The van der Waals surface area contributed by atoms with Crippen LogP contribution in [-0.2, 0) is 4.79 Å². The molecule has 0 bridgehead atoms. The van der Waals surface area contributed by atoms with Crippen LogP contribution in [0.1, 0.15) is 12.8 Å². The third-order valence-electron chi connectivity index (χ3n) is 6.30. The van der Waals surface area contributed by atoms with Gasteiger partial charge in [0.2, 0.25) is 5.91 Å². The molecule has 6 nitrogen and oxygen atoms in total. The topological polar surface area (TPSA) is 50.9 Å². The number of likely N-dealkylation sites (tertiary alicyclic amines) is 1. The number of benzene rings is 1. The average Bonchev–Trinajstić information content (AvgIpc) is 3.28. The number of anilines is 1. The lowest BCUT2D eigenvalue weighted by Gasteiger charge is -2.34. The zero-order chi connectivity index (χ0) is 18.1. The zero-order valence-corrected chi connectivity index (χ0v) is 15.9. The van der Waals surface area contributed by atoms with Crippen LogP contribution in [0.3, 0.4) is 0 Å². The van der Waals surface area contributed by atoms with E-state index < -0.39 is 0 Å². The van der Waals surface area contributed by atoms with E-state index in [9.17, 15) is 4.79 Å². The second kappa shape index (κ2) is 7.55. The lowest BCUT2D eigenvalue weighted by Crippen LogP contribution is -2.50. The first-order chi connectivity index (χ1) is 12.6. The van der Waals surface area contributed by atoms with Crippen LogP contribution in [0, 0.1) is 11.8 Å². The summed E-state index contributed by atoms with van der Waals surface area (Å²) in [6.45, 7) is 5.04. The van der Waals surface area contributed by atoms with Gasteiger partial charge < -0.3 is 14.7 Å². The van der Waals surface area contributed by atoms with Crippen molar-refractivity contribution < 1.29 is 4.79 Å². The quantitative estimate of drug-likeness (QED) is 0.834. The Labute approximate surface area is 156 Å². The highest BCUT2D eigenvalue weighted by molar-refractivity contribution is 5.82. The molecule has 1 aromatic carbocycles. The molecule has 0 radical (unpaired) electrons.